The van der Waals surface area contributed by atoms with Crippen molar-refractivity contribution < 1.29 is 23.4 Å². The molecule has 0 N–H and O–H groups in total. The minimum Gasteiger partial charge on any atom is -0.496 e. The Morgan fingerprint density at radius 2 is 2.00 bits per heavy atom. The SMILES string of the molecule is COc1ccccc1C(Cn1c(=O)n(C(C)(C)C)c(=O)c2c(C)c(-c3ncco3)sc21)OC1CC2COC(C1)O2. The number of methoxy groups -OCH3 is 1. The van der Waals surface area contributed by atoms with Crippen molar-refractivity contribution in [2.24, 2.45) is 0 Å². The third-order valence-electron chi connectivity index (χ3n) is 7.49. The summed E-state index contributed by atoms with van der Waals surface area (Å²) in [6.45, 7) is 8.16. The van der Waals surface area contributed by atoms with Crippen molar-refractivity contribution in [3.8, 4) is 16.5 Å². The van der Waals surface area contributed by atoms with Crippen LogP contribution in [0.2, 0.25) is 0 Å². The summed E-state index contributed by atoms with van der Waals surface area (Å²) < 4.78 is 32.6. The first-order valence-electron chi connectivity index (χ1n) is 13.4. The molecule has 2 bridgehead atoms. The zero-order chi connectivity index (χ0) is 28.2. The molecule has 0 radical (unpaired) electrons. The zero-order valence-electron chi connectivity index (χ0n) is 23.2. The summed E-state index contributed by atoms with van der Waals surface area (Å²) in [6, 6.07) is 7.66. The molecule has 5 heterocycles. The van der Waals surface area contributed by atoms with Crippen LogP contribution in [0.25, 0.3) is 21.0 Å². The van der Waals surface area contributed by atoms with Gasteiger partial charge in [-0.15, -0.1) is 11.3 Å². The maximum atomic E-state index is 14.2. The normalized spacial score (nSPS) is 21.7. The zero-order valence-corrected chi connectivity index (χ0v) is 24.0. The van der Waals surface area contributed by atoms with E-state index in [1.54, 1.807) is 17.9 Å². The average molecular weight is 568 g/mol. The Bertz CT molecular complexity index is 1640. The molecule has 1 aromatic carbocycles. The molecule has 2 fully saturated rings. The fourth-order valence-electron chi connectivity index (χ4n) is 5.65. The second-order valence-corrected chi connectivity index (χ2v) is 12.3. The Balaban J connectivity index is 1.53. The van der Waals surface area contributed by atoms with Crippen LogP contribution in [0.1, 0.15) is 50.8 Å². The molecule has 0 saturated carbocycles. The van der Waals surface area contributed by atoms with Crippen molar-refractivity contribution in [2.45, 2.75) is 77.2 Å². The summed E-state index contributed by atoms with van der Waals surface area (Å²) in [4.78, 5) is 33.6. The van der Waals surface area contributed by atoms with E-state index in [0.717, 1.165) is 11.1 Å². The Morgan fingerprint density at radius 3 is 2.70 bits per heavy atom. The summed E-state index contributed by atoms with van der Waals surface area (Å²) in [5.74, 6) is 1.07. The molecule has 10 nitrogen and oxygen atoms in total. The molecule has 3 aromatic heterocycles. The van der Waals surface area contributed by atoms with E-state index in [9.17, 15) is 9.59 Å². The Labute approximate surface area is 235 Å². The summed E-state index contributed by atoms with van der Waals surface area (Å²) in [6.07, 6.45) is 3.38. The molecule has 6 rings (SSSR count). The first-order chi connectivity index (χ1) is 19.2. The highest BCUT2D eigenvalue weighted by Crippen LogP contribution is 2.39. The molecular formula is C29H33N3O7S. The average Bonchev–Trinajstić information content (AvgIpc) is 3.64. The van der Waals surface area contributed by atoms with Crippen LogP contribution in [0.15, 0.2) is 50.7 Å². The first kappa shape index (κ1) is 26.9. The number of oxazole rings is 1. The number of aromatic nitrogens is 3. The van der Waals surface area contributed by atoms with E-state index in [-0.39, 0.29) is 30.6 Å². The number of para-hydroxylation sites is 1. The highest BCUT2D eigenvalue weighted by Gasteiger charge is 2.38. The van der Waals surface area contributed by atoms with E-state index >= 15 is 0 Å². The Morgan fingerprint density at radius 1 is 1.20 bits per heavy atom. The number of aryl methyl sites for hydroxylation is 1. The predicted octanol–water partition coefficient (Wildman–Crippen LogP) is 4.61. The minimum atomic E-state index is -0.750. The monoisotopic (exact) mass is 567 g/mol. The van der Waals surface area contributed by atoms with Gasteiger partial charge in [-0.05, 0) is 39.3 Å². The first-order valence-corrected chi connectivity index (χ1v) is 14.2. The van der Waals surface area contributed by atoms with Gasteiger partial charge in [0.25, 0.3) is 5.56 Å². The second kappa shape index (κ2) is 10.3. The van der Waals surface area contributed by atoms with Crippen molar-refractivity contribution in [2.75, 3.05) is 13.7 Å². The minimum absolute atomic E-state index is 0.0115. The van der Waals surface area contributed by atoms with Crippen LogP contribution < -0.4 is 16.0 Å². The molecule has 0 amide bonds. The van der Waals surface area contributed by atoms with Gasteiger partial charge >= 0.3 is 5.69 Å². The lowest BCUT2D eigenvalue weighted by atomic mass is 10.0. The number of hydrogen-bond acceptors (Lipinski definition) is 9. The number of rotatable bonds is 7. The Kier molecular flexibility index (Phi) is 6.94. The molecule has 4 unspecified atom stereocenters. The van der Waals surface area contributed by atoms with Crippen LogP contribution in [0.4, 0.5) is 0 Å². The lowest BCUT2D eigenvalue weighted by molar-refractivity contribution is -0.147. The molecule has 0 spiro atoms. The molecule has 0 aliphatic carbocycles. The number of ether oxygens (including phenoxy) is 4. The third-order valence-corrected chi connectivity index (χ3v) is 8.80. The quantitative estimate of drug-likeness (QED) is 0.319. The molecule has 4 aromatic rings. The van der Waals surface area contributed by atoms with Gasteiger partial charge in [-0.2, -0.15) is 0 Å². The maximum Gasteiger partial charge on any atom is 0.332 e. The van der Waals surface area contributed by atoms with Gasteiger partial charge in [0.05, 0.1) is 48.9 Å². The highest BCUT2D eigenvalue weighted by atomic mass is 32.1. The van der Waals surface area contributed by atoms with Crippen LogP contribution in [0.5, 0.6) is 5.75 Å². The fraction of sp³-hybridized carbons (Fsp3) is 0.483. The van der Waals surface area contributed by atoms with Crippen LogP contribution in [0, 0.1) is 6.92 Å². The largest absolute Gasteiger partial charge is 0.496 e. The van der Waals surface area contributed by atoms with Gasteiger partial charge in [0.1, 0.15) is 22.9 Å². The molecule has 11 heteroatoms. The van der Waals surface area contributed by atoms with E-state index < -0.39 is 17.3 Å². The predicted molar refractivity (Wildman–Crippen MR) is 150 cm³/mol. The lowest BCUT2D eigenvalue weighted by Crippen LogP contribution is -2.48. The smallest absolute Gasteiger partial charge is 0.332 e. The summed E-state index contributed by atoms with van der Waals surface area (Å²) in [5, 5.41) is 0.476. The number of nitrogens with zero attached hydrogens (tertiary/aromatic N) is 3. The molecule has 2 aliphatic rings. The number of fused-ring (bicyclic) bond motifs is 3. The highest BCUT2D eigenvalue weighted by molar-refractivity contribution is 7.22. The molecule has 2 aliphatic heterocycles. The van der Waals surface area contributed by atoms with E-state index in [4.69, 9.17) is 23.4 Å². The molecule has 212 valence electrons. The van der Waals surface area contributed by atoms with Crippen molar-refractivity contribution in [1.29, 1.82) is 0 Å². The van der Waals surface area contributed by atoms with E-state index in [2.05, 4.69) is 4.98 Å². The number of hydrogen-bond donors (Lipinski definition) is 0. The lowest BCUT2D eigenvalue weighted by Gasteiger charge is -2.31. The Hall–Kier alpha value is -3.25. The van der Waals surface area contributed by atoms with Gasteiger partial charge in [0, 0.05) is 23.9 Å². The van der Waals surface area contributed by atoms with Gasteiger partial charge in [0.2, 0.25) is 5.89 Å². The van der Waals surface area contributed by atoms with Gasteiger partial charge in [-0.3, -0.25) is 13.9 Å². The van der Waals surface area contributed by atoms with Crippen LogP contribution in [-0.2, 0) is 26.3 Å². The molecular weight excluding hydrogens is 534 g/mol. The molecule has 4 atom stereocenters. The van der Waals surface area contributed by atoms with Crippen molar-refractivity contribution in [3.63, 3.8) is 0 Å². The van der Waals surface area contributed by atoms with Crippen molar-refractivity contribution >= 4 is 21.6 Å². The van der Waals surface area contributed by atoms with Gasteiger partial charge in [-0.1, -0.05) is 18.2 Å². The van der Waals surface area contributed by atoms with E-state index in [1.807, 2.05) is 52.0 Å². The fourth-order valence-corrected chi connectivity index (χ4v) is 6.90. The number of benzene rings is 1. The summed E-state index contributed by atoms with van der Waals surface area (Å²) >= 11 is 1.33. The van der Waals surface area contributed by atoms with Crippen molar-refractivity contribution in [1.82, 2.24) is 14.1 Å². The van der Waals surface area contributed by atoms with Crippen LogP contribution in [-0.4, -0.2) is 46.3 Å². The standard InChI is InChI=1S/C29H33N3O7S/c1-16-23-26(33)32(29(2,3)4)28(34)31(27(23)40-24(16)25-30-10-11-36-25)14-21(19-8-6-7-9-20(19)35-5)38-17-12-18-15-37-22(13-17)39-18/h6-11,17-18,21-22H,12-15H2,1-5H3. The molecule has 40 heavy (non-hydrogen) atoms. The molecule has 2 saturated heterocycles. The summed E-state index contributed by atoms with van der Waals surface area (Å²) in [5.41, 5.74) is 0.0681. The van der Waals surface area contributed by atoms with Gasteiger partial charge < -0.3 is 23.4 Å². The van der Waals surface area contributed by atoms with Gasteiger partial charge in [-0.25, -0.2) is 9.78 Å². The maximum absolute atomic E-state index is 14.2. The van der Waals surface area contributed by atoms with Crippen LogP contribution in [0.3, 0.4) is 0 Å². The topological polar surface area (TPSA) is 107 Å². The van der Waals surface area contributed by atoms with Crippen molar-refractivity contribution in [3.05, 3.63) is 68.7 Å². The number of thiophene rings is 1. The van der Waals surface area contributed by atoms with E-state index in [1.165, 1.54) is 22.2 Å². The second-order valence-electron chi connectivity index (χ2n) is 11.3. The van der Waals surface area contributed by atoms with E-state index in [0.29, 0.717) is 46.2 Å². The third kappa shape index (κ3) is 4.70. The van der Waals surface area contributed by atoms with Crippen LogP contribution >= 0.6 is 11.3 Å². The van der Waals surface area contributed by atoms with Gasteiger partial charge in [0.15, 0.2) is 6.29 Å². The summed E-state index contributed by atoms with van der Waals surface area (Å²) in [7, 11) is 1.62.